The number of rotatable bonds is 6. The number of hydrogen-bond donors (Lipinski definition) is 3. The van der Waals surface area contributed by atoms with Crippen molar-refractivity contribution in [1.82, 2.24) is 5.43 Å². The summed E-state index contributed by atoms with van der Waals surface area (Å²) in [7, 11) is 0. The molecule has 0 heterocycles. The lowest BCUT2D eigenvalue weighted by Crippen LogP contribution is -2.25. The van der Waals surface area contributed by atoms with Gasteiger partial charge >= 0.3 is 0 Å². The molecule has 0 aliphatic heterocycles. The molecule has 0 bridgehead atoms. The summed E-state index contributed by atoms with van der Waals surface area (Å²) < 4.78 is 0. The first-order chi connectivity index (χ1) is 11.5. The summed E-state index contributed by atoms with van der Waals surface area (Å²) in [5.74, 6) is -0.561. The number of amides is 1. The van der Waals surface area contributed by atoms with Crippen LogP contribution in [0.1, 0.15) is 11.1 Å². The van der Waals surface area contributed by atoms with Crippen LogP contribution in [-0.2, 0) is 4.79 Å². The van der Waals surface area contributed by atoms with E-state index in [9.17, 15) is 20.0 Å². The van der Waals surface area contributed by atoms with E-state index in [1.54, 1.807) is 0 Å². The quantitative estimate of drug-likeness (QED) is 0.427. The number of nitrogens with one attached hydrogen (secondary N) is 2. The molecule has 0 aromatic heterocycles. The second kappa shape index (κ2) is 7.73. The molecule has 0 saturated carbocycles. The summed E-state index contributed by atoms with van der Waals surface area (Å²) in [6, 6.07) is 11.1. The molecular formula is C16H16N4O4. The highest BCUT2D eigenvalue weighted by Crippen LogP contribution is 2.21. The van der Waals surface area contributed by atoms with Crippen LogP contribution in [0.15, 0.2) is 47.6 Å². The monoisotopic (exact) mass is 328 g/mol. The Bertz CT molecular complexity index is 789. The Labute approximate surface area is 138 Å². The molecule has 8 nitrogen and oxygen atoms in total. The van der Waals surface area contributed by atoms with Gasteiger partial charge in [-0.15, -0.1) is 0 Å². The standard InChI is InChI=1S/C16H16N4O4/c1-11-3-2-4-13(7-11)17-10-16(22)19-18-9-12-8-14(20(23)24)5-6-15(12)21/h2-9,17,21H,10H2,1H3,(H,19,22)/b18-9+. The molecule has 0 aliphatic rings. The molecule has 124 valence electrons. The summed E-state index contributed by atoms with van der Waals surface area (Å²) in [6.07, 6.45) is 1.15. The molecule has 3 N–H and O–H groups in total. The number of non-ortho nitro benzene ring substituents is 1. The van der Waals surface area contributed by atoms with Crippen molar-refractivity contribution in [2.75, 3.05) is 11.9 Å². The van der Waals surface area contributed by atoms with Gasteiger partial charge in [0, 0.05) is 23.4 Å². The lowest BCUT2D eigenvalue weighted by Gasteiger charge is -2.05. The van der Waals surface area contributed by atoms with Gasteiger partial charge in [-0.25, -0.2) is 5.43 Å². The lowest BCUT2D eigenvalue weighted by molar-refractivity contribution is -0.384. The number of nitro groups is 1. The average molecular weight is 328 g/mol. The fraction of sp³-hybridized carbons (Fsp3) is 0.125. The Hall–Kier alpha value is -3.42. The number of anilines is 1. The lowest BCUT2D eigenvalue weighted by atomic mass is 10.2. The minimum atomic E-state index is -0.582. The van der Waals surface area contributed by atoms with E-state index in [2.05, 4.69) is 15.8 Å². The first-order valence-electron chi connectivity index (χ1n) is 7.05. The third kappa shape index (κ3) is 4.80. The molecule has 8 heteroatoms. The summed E-state index contributed by atoms with van der Waals surface area (Å²) in [5, 5.41) is 26.9. The molecule has 0 aliphatic carbocycles. The number of hydrogen-bond acceptors (Lipinski definition) is 6. The molecule has 0 fully saturated rings. The van der Waals surface area contributed by atoms with Crippen molar-refractivity contribution in [2.45, 2.75) is 6.92 Å². The van der Waals surface area contributed by atoms with Gasteiger partial charge in [0.25, 0.3) is 11.6 Å². The minimum absolute atomic E-state index is 0.0156. The molecule has 2 aromatic carbocycles. The number of nitrogens with zero attached hydrogens (tertiary/aromatic N) is 2. The van der Waals surface area contributed by atoms with Gasteiger partial charge in [0.15, 0.2) is 0 Å². The summed E-state index contributed by atoms with van der Waals surface area (Å²) >= 11 is 0. The van der Waals surface area contributed by atoms with Crippen LogP contribution < -0.4 is 10.7 Å². The highest BCUT2D eigenvalue weighted by molar-refractivity contribution is 5.86. The summed E-state index contributed by atoms with van der Waals surface area (Å²) in [5.41, 5.74) is 4.11. The van der Waals surface area contributed by atoms with Crippen LogP contribution in [0.3, 0.4) is 0 Å². The Balaban J connectivity index is 1.90. The van der Waals surface area contributed by atoms with E-state index >= 15 is 0 Å². The fourth-order valence-corrected chi connectivity index (χ4v) is 1.91. The fourth-order valence-electron chi connectivity index (χ4n) is 1.91. The van der Waals surface area contributed by atoms with Gasteiger partial charge in [0.05, 0.1) is 17.7 Å². The Morgan fingerprint density at radius 1 is 1.33 bits per heavy atom. The van der Waals surface area contributed by atoms with Crippen molar-refractivity contribution in [3.05, 3.63) is 63.7 Å². The van der Waals surface area contributed by atoms with Gasteiger partial charge < -0.3 is 10.4 Å². The predicted octanol–water partition coefficient (Wildman–Crippen LogP) is 2.17. The normalized spacial score (nSPS) is 10.5. The molecule has 2 rings (SSSR count). The van der Waals surface area contributed by atoms with Crippen molar-refractivity contribution in [3.63, 3.8) is 0 Å². The van der Waals surface area contributed by atoms with Gasteiger partial charge in [-0.2, -0.15) is 5.10 Å². The molecule has 0 spiro atoms. The molecule has 0 unspecified atom stereocenters. The van der Waals surface area contributed by atoms with Gasteiger partial charge in [0.2, 0.25) is 0 Å². The molecule has 0 radical (unpaired) electrons. The number of phenolic OH excluding ortho intramolecular Hbond substituents is 1. The largest absolute Gasteiger partial charge is 0.507 e. The first kappa shape index (κ1) is 16.9. The number of carbonyl (C=O) groups excluding carboxylic acids is 1. The number of aromatic hydroxyl groups is 1. The van der Waals surface area contributed by atoms with Crippen molar-refractivity contribution in [2.24, 2.45) is 5.10 Å². The highest BCUT2D eigenvalue weighted by Gasteiger charge is 2.08. The van der Waals surface area contributed by atoms with Gasteiger partial charge in [0.1, 0.15) is 5.75 Å². The number of benzene rings is 2. The van der Waals surface area contributed by atoms with Gasteiger partial charge in [-0.3, -0.25) is 14.9 Å². The van der Waals surface area contributed by atoms with E-state index in [-0.39, 0.29) is 23.5 Å². The van der Waals surface area contributed by atoms with E-state index in [1.807, 2.05) is 31.2 Å². The zero-order valence-corrected chi connectivity index (χ0v) is 12.9. The predicted molar refractivity (Wildman–Crippen MR) is 90.2 cm³/mol. The maximum Gasteiger partial charge on any atom is 0.270 e. The van der Waals surface area contributed by atoms with Crippen LogP contribution in [0.5, 0.6) is 5.75 Å². The third-order valence-corrected chi connectivity index (χ3v) is 3.09. The zero-order chi connectivity index (χ0) is 17.5. The van der Waals surface area contributed by atoms with E-state index in [0.717, 1.165) is 23.5 Å². The molecule has 0 atom stereocenters. The second-order valence-electron chi connectivity index (χ2n) is 5.02. The van der Waals surface area contributed by atoms with Crippen LogP contribution in [0.25, 0.3) is 0 Å². The van der Waals surface area contributed by atoms with Gasteiger partial charge in [-0.1, -0.05) is 12.1 Å². The molecule has 2 aromatic rings. The Morgan fingerprint density at radius 3 is 2.83 bits per heavy atom. The number of phenols is 1. The summed E-state index contributed by atoms with van der Waals surface area (Å²) in [6.45, 7) is 1.96. The van der Waals surface area contributed by atoms with Crippen molar-refractivity contribution < 1.29 is 14.8 Å². The molecule has 1 amide bonds. The van der Waals surface area contributed by atoms with E-state index in [1.165, 1.54) is 12.1 Å². The number of nitro benzene ring substituents is 1. The Kier molecular flexibility index (Phi) is 5.45. The second-order valence-corrected chi connectivity index (χ2v) is 5.02. The van der Waals surface area contributed by atoms with Crippen LogP contribution in [0, 0.1) is 17.0 Å². The molecule has 24 heavy (non-hydrogen) atoms. The maximum absolute atomic E-state index is 11.7. The zero-order valence-electron chi connectivity index (χ0n) is 12.9. The van der Waals surface area contributed by atoms with Crippen LogP contribution in [0.2, 0.25) is 0 Å². The van der Waals surface area contributed by atoms with Gasteiger partial charge in [-0.05, 0) is 30.7 Å². The minimum Gasteiger partial charge on any atom is -0.507 e. The summed E-state index contributed by atoms with van der Waals surface area (Å²) in [4.78, 5) is 21.8. The maximum atomic E-state index is 11.7. The van der Waals surface area contributed by atoms with Crippen molar-refractivity contribution in [1.29, 1.82) is 0 Å². The highest BCUT2D eigenvalue weighted by atomic mass is 16.6. The van der Waals surface area contributed by atoms with Crippen molar-refractivity contribution in [3.8, 4) is 5.75 Å². The molecule has 0 saturated heterocycles. The first-order valence-corrected chi connectivity index (χ1v) is 7.05. The Morgan fingerprint density at radius 2 is 2.12 bits per heavy atom. The molecular weight excluding hydrogens is 312 g/mol. The topological polar surface area (TPSA) is 117 Å². The smallest absolute Gasteiger partial charge is 0.270 e. The third-order valence-electron chi connectivity index (χ3n) is 3.09. The number of hydrazone groups is 1. The van der Waals surface area contributed by atoms with E-state index in [0.29, 0.717) is 0 Å². The SMILES string of the molecule is Cc1cccc(NCC(=O)N/N=C/c2cc([N+](=O)[O-])ccc2O)c1. The van der Waals surface area contributed by atoms with Crippen LogP contribution >= 0.6 is 0 Å². The van der Waals surface area contributed by atoms with Crippen molar-refractivity contribution >= 4 is 23.5 Å². The average Bonchev–Trinajstić information content (AvgIpc) is 2.54. The number of aryl methyl sites for hydroxylation is 1. The van der Waals surface area contributed by atoms with Crippen LogP contribution in [-0.4, -0.2) is 28.7 Å². The van der Waals surface area contributed by atoms with Crippen LogP contribution in [0.4, 0.5) is 11.4 Å². The van der Waals surface area contributed by atoms with E-state index in [4.69, 9.17) is 0 Å². The van der Waals surface area contributed by atoms with E-state index < -0.39 is 10.8 Å². The number of carbonyl (C=O) groups is 1.